The van der Waals surface area contributed by atoms with Crippen molar-refractivity contribution in [3.8, 4) is 11.8 Å². The molecule has 3 rings (SSSR count). The molecule has 1 aromatic heterocycles. The van der Waals surface area contributed by atoms with Crippen LogP contribution in [0.4, 0.5) is 5.00 Å². The zero-order valence-electron chi connectivity index (χ0n) is 11.7. The van der Waals surface area contributed by atoms with E-state index in [1.165, 1.54) is 24.3 Å². The lowest BCUT2D eigenvalue weighted by molar-refractivity contribution is 0.579. The molecule has 0 amide bonds. The van der Waals surface area contributed by atoms with Gasteiger partial charge >= 0.3 is 0 Å². The van der Waals surface area contributed by atoms with Gasteiger partial charge in [0.25, 0.3) is 0 Å². The summed E-state index contributed by atoms with van der Waals surface area (Å²) in [7, 11) is 0. The monoisotopic (exact) mass is 282 g/mol. The van der Waals surface area contributed by atoms with Crippen LogP contribution in [0.25, 0.3) is 0 Å². The minimum atomic E-state index is 0.923. The first-order valence-corrected chi connectivity index (χ1v) is 7.94. The van der Waals surface area contributed by atoms with Gasteiger partial charge in [-0.25, -0.2) is 4.98 Å². The SMILES string of the molecule is Cc1nc(C#Cc2ccccc2)sc1N1CCCCC1. The van der Waals surface area contributed by atoms with Gasteiger partial charge < -0.3 is 4.90 Å². The second-order valence-corrected chi connectivity index (χ2v) is 6.05. The molecular weight excluding hydrogens is 264 g/mol. The van der Waals surface area contributed by atoms with E-state index < -0.39 is 0 Å². The molecule has 0 saturated carbocycles. The van der Waals surface area contributed by atoms with E-state index in [1.54, 1.807) is 11.3 Å². The van der Waals surface area contributed by atoms with Gasteiger partial charge in [-0.1, -0.05) is 35.5 Å². The Morgan fingerprint density at radius 1 is 1.05 bits per heavy atom. The van der Waals surface area contributed by atoms with Crippen molar-refractivity contribution in [1.29, 1.82) is 0 Å². The minimum absolute atomic E-state index is 0.923. The van der Waals surface area contributed by atoms with Crippen molar-refractivity contribution in [2.24, 2.45) is 0 Å². The van der Waals surface area contributed by atoms with E-state index >= 15 is 0 Å². The van der Waals surface area contributed by atoms with Crippen molar-refractivity contribution in [2.45, 2.75) is 26.2 Å². The molecule has 0 unspecified atom stereocenters. The fraction of sp³-hybridized carbons (Fsp3) is 0.353. The molecule has 2 nitrogen and oxygen atoms in total. The lowest BCUT2D eigenvalue weighted by atomic mass is 10.1. The highest BCUT2D eigenvalue weighted by atomic mass is 32.1. The van der Waals surface area contributed by atoms with Gasteiger partial charge in [0.1, 0.15) is 5.00 Å². The Hall–Kier alpha value is -1.79. The number of anilines is 1. The number of benzene rings is 1. The molecule has 0 atom stereocenters. The van der Waals surface area contributed by atoms with E-state index in [2.05, 4.69) is 28.6 Å². The Labute approximate surface area is 124 Å². The third-order valence-corrected chi connectivity index (χ3v) is 4.64. The molecule has 0 radical (unpaired) electrons. The highest BCUT2D eigenvalue weighted by Crippen LogP contribution is 2.30. The Kier molecular flexibility index (Phi) is 4.03. The van der Waals surface area contributed by atoms with E-state index in [0.29, 0.717) is 0 Å². The van der Waals surface area contributed by atoms with Crippen molar-refractivity contribution in [3.05, 3.63) is 46.6 Å². The van der Waals surface area contributed by atoms with Gasteiger partial charge in [-0.15, -0.1) is 0 Å². The summed E-state index contributed by atoms with van der Waals surface area (Å²) in [6.07, 6.45) is 3.94. The zero-order valence-corrected chi connectivity index (χ0v) is 12.5. The largest absolute Gasteiger partial charge is 0.362 e. The number of thiazole rings is 1. The summed E-state index contributed by atoms with van der Waals surface area (Å²) in [4.78, 5) is 7.07. The molecule has 0 aliphatic carbocycles. The van der Waals surface area contributed by atoms with Gasteiger partial charge in [0.15, 0.2) is 5.01 Å². The Morgan fingerprint density at radius 3 is 2.55 bits per heavy atom. The fourth-order valence-electron chi connectivity index (χ4n) is 2.48. The molecule has 0 spiro atoms. The Bertz CT molecular complexity index is 628. The molecule has 1 saturated heterocycles. The molecule has 1 aliphatic rings. The van der Waals surface area contributed by atoms with Crippen LogP contribution in [0.5, 0.6) is 0 Å². The number of aromatic nitrogens is 1. The smallest absolute Gasteiger partial charge is 0.169 e. The zero-order chi connectivity index (χ0) is 13.8. The third-order valence-electron chi connectivity index (χ3n) is 3.50. The van der Waals surface area contributed by atoms with Crippen molar-refractivity contribution < 1.29 is 0 Å². The summed E-state index contributed by atoms with van der Waals surface area (Å²) >= 11 is 1.73. The van der Waals surface area contributed by atoms with E-state index in [-0.39, 0.29) is 0 Å². The molecule has 0 bridgehead atoms. The van der Waals surface area contributed by atoms with Gasteiger partial charge in [0.2, 0.25) is 0 Å². The molecule has 1 fully saturated rings. The Balaban J connectivity index is 1.80. The maximum atomic E-state index is 4.60. The first-order valence-electron chi connectivity index (χ1n) is 7.12. The van der Waals surface area contributed by atoms with Crippen LogP contribution < -0.4 is 4.90 Å². The molecule has 1 aliphatic heterocycles. The molecule has 3 heteroatoms. The summed E-state index contributed by atoms with van der Waals surface area (Å²) in [5, 5.41) is 2.23. The lowest BCUT2D eigenvalue weighted by Crippen LogP contribution is -2.29. The highest BCUT2D eigenvalue weighted by Gasteiger charge is 2.16. The van der Waals surface area contributed by atoms with Crippen molar-refractivity contribution in [1.82, 2.24) is 4.98 Å². The summed E-state index contributed by atoms with van der Waals surface area (Å²) in [5.41, 5.74) is 2.16. The van der Waals surface area contributed by atoms with Crippen molar-refractivity contribution in [3.63, 3.8) is 0 Å². The summed E-state index contributed by atoms with van der Waals surface area (Å²) in [6.45, 7) is 4.41. The number of aryl methyl sites for hydroxylation is 1. The minimum Gasteiger partial charge on any atom is -0.362 e. The average Bonchev–Trinajstić information content (AvgIpc) is 2.88. The van der Waals surface area contributed by atoms with E-state index in [9.17, 15) is 0 Å². The third kappa shape index (κ3) is 3.02. The van der Waals surface area contributed by atoms with Gasteiger partial charge in [0, 0.05) is 18.7 Å². The van der Waals surface area contributed by atoms with Crippen LogP contribution in [0.3, 0.4) is 0 Å². The summed E-state index contributed by atoms with van der Waals surface area (Å²) in [5.74, 6) is 6.38. The van der Waals surface area contributed by atoms with Crippen LogP contribution >= 0.6 is 11.3 Å². The van der Waals surface area contributed by atoms with Crippen LogP contribution in [0.2, 0.25) is 0 Å². The first-order chi connectivity index (χ1) is 9.83. The van der Waals surface area contributed by atoms with Crippen LogP contribution in [0.15, 0.2) is 30.3 Å². The van der Waals surface area contributed by atoms with Gasteiger partial charge in [-0.3, -0.25) is 0 Å². The summed E-state index contributed by atoms with van der Waals surface area (Å²) < 4.78 is 0. The number of piperidine rings is 1. The predicted molar refractivity (Wildman–Crippen MR) is 85.3 cm³/mol. The predicted octanol–water partition coefficient (Wildman–Crippen LogP) is 3.84. The van der Waals surface area contributed by atoms with E-state index in [1.807, 2.05) is 30.3 Å². The van der Waals surface area contributed by atoms with Gasteiger partial charge in [-0.05, 0) is 44.2 Å². The van der Waals surface area contributed by atoms with Crippen LogP contribution in [-0.2, 0) is 0 Å². The Morgan fingerprint density at radius 2 is 1.80 bits per heavy atom. The van der Waals surface area contributed by atoms with E-state index in [0.717, 1.165) is 29.4 Å². The molecular formula is C17H18N2S. The molecule has 2 heterocycles. The lowest BCUT2D eigenvalue weighted by Gasteiger charge is -2.27. The summed E-state index contributed by atoms with van der Waals surface area (Å²) in [6, 6.07) is 10.1. The molecule has 20 heavy (non-hydrogen) atoms. The van der Waals surface area contributed by atoms with Crippen molar-refractivity contribution in [2.75, 3.05) is 18.0 Å². The number of rotatable bonds is 1. The second kappa shape index (κ2) is 6.11. The van der Waals surface area contributed by atoms with Crippen LogP contribution in [0.1, 0.15) is 35.5 Å². The van der Waals surface area contributed by atoms with Gasteiger partial charge in [0.05, 0.1) is 5.69 Å². The van der Waals surface area contributed by atoms with E-state index in [4.69, 9.17) is 0 Å². The normalized spacial score (nSPS) is 14.8. The maximum Gasteiger partial charge on any atom is 0.169 e. The molecule has 0 N–H and O–H groups in total. The van der Waals surface area contributed by atoms with Crippen LogP contribution in [0, 0.1) is 18.8 Å². The van der Waals surface area contributed by atoms with Crippen molar-refractivity contribution >= 4 is 16.3 Å². The molecule has 1 aromatic carbocycles. The fourth-order valence-corrected chi connectivity index (χ4v) is 3.45. The first kappa shape index (κ1) is 13.2. The molecule has 102 valence electrons. The second-order valence-electron chi connectivity index (χ2n) is 5.07. The van der Waals surface area contributed by atoms with Crippen LogP contribution in [-0.4, -0.2) is 18.1 Å². The number of nitrogens with zero attached hydrogens (tertiary/aromatic N) is 2. The maximum absolute atomic E-state index is 4.60. The topological polar surface area (TPSA) is 16.1 Å². The molecule has 2 aromatic rings. The number of hydrogen-bond acceptors (Lipinski definition) is 3. The standard InChI is InChI=1S/C17H18N2S/c1-14-17(19-12-6-3-7-13-19)20-16(18-14)11-10-15-8-4-2-5-9-15/h2,4-5,8-9H,3,6-7,12-13H2,1H3. The van der Waals surface area contributed by atoms with Gasteiger partial charge in [-0.2, -0.15) is 0 Å². The average molecular weight is 282 g/mol. The highest BCUT2D eigenvalue weighted by molar-refractivity contribution is 7.16. The number of hydrogen-bond donors (Lipinski definition) is 0. The quantitative estimate of drug-likeness (QED) is 0.739.